The highest BCUT2D eigenvalue weighted by molar-refractivity contribution is 5.84. The lowest BCUT2D eigenvalue weighted by Crippen LogP contribution is -2.20. The summed E-state index contributed by atoms with van der Waals surface area (Å²) < 4.78 is 39.6. The van der Waals surface area contributed by atoms with Gasteiger partial charge in [-0.2, -0.15) is 5.10 Å². The summed E-state index contributed by atoms with van der Waals surface area (Å²) in [7, 11) is 0. The fourth-order valence-electron chi connectivity index (χ4n) is 1.37. The van der Waals surface area contributed by atoms with E-state index < -0.39 is 34.5 Å². The van der Waals surface area contributed by atoms with Gasteiger partial charge in [0.25, 0.3) is 0 Å². The van der Waals surface area contributed by atoms with Crippen LogP contribution in [0.2, 0.25) is 0 Å². The molecule has 0 aliphatic rings. The van der Waals surface area contributed by atoms with E-state index in [4.69, 9.17) is 5.11 Å². The van der Waals surface area contributed by atoms with Crippen molar-refractivity contribution in [2.45, 2.75) is 0 Å². The third-order valence-electron chi connectivity index (χ3n) is 2.24. The van der Waals surface area contributed by atoms with Gasteiger partial charge in [-0.1, -0.05) is 0 Å². The minimum atomic E-state index is -1.65. The zero-order valence-electron chi connectivity index (χ0n) is 9.10. The van der Waals surface area contributed by atoms with Crippen LogP contribution in [0.1, 0.15) is 10.5 Å². The van der Waals surface area contributed by atoms with Crippen molar-refractivity contribution in [2.75, 3.05) is 0 Å². The number of benzene rings is 1. The second kappa shape index (κ2) is 4.56. The molecule has 0 spiro atoms. The van der Waals surface area contributed by atoms with E-state index in [1.54, 1.807) is 0 Å². The molecular weight excluding hydrogens is 265 g/mol. The van der Waals surface area contributed by atoms with Crippen molar-refractivity contribution in [1.82, 2.24) is 9.78 Å². The Morgan fingerprint density at radius 3 is 2.32 bits per heavy atom. The number of carboxylic acids is 1. The summed E-state index contributed by atoms with van der Waals surface area (Å²) in [5, 5.41) is 12.1. The maximum absolute atomic E-state index is 13.0. The van der Waals surface area contributed by atoms with Crippen LogP contribution in [0.3, 0.4) is 0 Å². The Balaban J connectivity index is 2.63. The van der Waals surface area contributed by atoms with E-state index in [2.05, 4.69) is 5.10 Å². The molecule has 0 aliphatic heterocycles. The smallest absolute Gasteiger partial charge is 0.360 e. The van der Waals surface area contributed by atoms with Gasteiger partial charge in [-0.15, -0.1) is 0 Å². The van der Waals surface area contributed by atoms with Gasteiger partial charge in [-0.3, -0.25) is 4.79 Å². The van der Waals surface area contributed by atoms with Crippen molar-refractivity contribution in [2.24, 2.45) is 0 Å². The number of aromatic nitrogens is 2. The maximum atomic E-state index is 13.0. The highest BCUT2D eigenvalue weighted by Gasteiger charge is 2.14. The molecule has 0 radical (unpaired) electrons. The maximum Gasteiger partial charge on any atom is 0.360 e. The molecule has 0 amide bonds. The lowest BCUT2D eigenvalue weighted by atomic mass is 10.3. The van der Waals surface area contributed by atoms with Crippen LogP contribution in [0.5, 0.6) is 0 Å². The van der Waals surface area contributed by atoms with Gasteiger partial charge in [0.05, 0.1) is 5.69 Å². The number of carbonyl (C=O) groups is 1. The molecule has 2 rings (SSSR count). The first-order valence-electron chi connectivity index (χ1n) is 4.88. The van der Waals surface area contributed by atoms with Gasteiger partial charge in [-0.25, -0.2) is 22.6 Å². The molecule has 0 atom stereocenters. The molecule has 0 saturated carbocycles. The summed E-state index contributed by atoms with van der Waals surface area (Å²) in [6.45, 7) is 0. The summed E-state index contributed by atoms with van der Waals surface area (Å²) in [4.78, 5) is 21.9. The molecule has 2 aromatic rings. The largest absolute Gasteiger partial charge is 0.476 e. The van der Waals surface area contributed by atoms with Crippen molar-refractivity contribution in [1.29, 1.82) is 0 Å². The predicted molar refractivity (Wildman–Crippen MR) is 56.7 cm³/mol. The van der Waals surface area contributed by atoms with Crippen molar-refractivity contribution in [3.8, 4) is 5.69 Å². The Morgan fingerprint density at radius 2 is 1.79 bits per heavy atom. The van der Waals surface area contributed by atoms with E-state index in [-0.39, 0.29) is 5.69 Å². The fourth-order valence-corrected chi connectivity index (χ4v) is 1.37. The fraction of sp³-hybridized carbons (Fsp3) is 0. The zero-order chi connectivity index (χ0) is 14.2. The first kappa shape index (κ1) is 12.8. The van der Waals surface area contributed by atoms with Crippen LogP contribution in [0.4, 0.5) is 13.2 Å². The Kier molecular flexibility index (Phi) is 3.07. The van der Waals surface area contributed by atoms with Gasteiger partial charge in [0, 0.05) is 24.4 Å². The number of carboxylic acid groups (broad SMARTS) is 1. The molecule has 8 heteroatoms. The molecule has 5 nitrogen and oxygen atoms in total. The molecule has 0 fully saturated rings. The van der Waals surface area contributed by atoms with Gasteiger partial charge in [-0.05, 0) is 0 Å². The quantitative estimate of drug-likeness (QED) is 0.836. The van der Waals surface area contributed by atoms with Crippen LogP contribution >= 0.6 is 0 Å². The van der Waals surface area contributed by atoms with E-state index in [9.17, 15) is 22.8 Å². The van der Waals surface area contributed by atoms with Crippen LogP contribution in [0.25, 0.3) is 5.69 Å². The molecule has 0 unspecified atom stereocenters. The number of hydrogen-bond donors (Lipinski definition) is 1. The minimum Gasteiger partial charge on any atom is -0.476 e. The Hall–Kier alpha value is -2.64. The number of aromatic carboxylic acids is 1. The molecule has 1 aromatic heterocycles. The Morgan fingerprint density at radius 1 is 1.21 bits per heavy atom. The van der Waals surface area contributed by atoms with E-state index in [1.807, 2.05) is 0 Å². The molecule has 98 valence electrons. The first-order valence-corrected chi connectivity index (χ1v) is 4.88. The summed E-state index contributed by atoms with van der Waals surface area (Å²) in [6, 6.07) is 2.12. The predicted octanol–water partition coefficient (Wildman–Crippen LogP) is 1.35. The molecule has 1 N–H and O–H groups in total. The monoisotopic (exact) mass is 270 g/mol. The summed E-state index contributed by atoms with van der Waals surface area (Å²) in [5.41, 5.74) is -1.92. The number of nitrogens with zero attached hydrogens (tertiary/aromatic N) is 2. The molecule has 1 aromatic carbocycles. The van der Waals surface area contributed by atoms with Gasteiger partial charge in [0.15, 0.2) is 17.5 Å². The average molecular weight is 270 g/mol. The Bertz CT molecular complexity index is 704. The lowest BCUT2D eigenvalue weighted by molar-refractivity contribution is 0.0687. The molecule has 19 heavy (non-hydrogen) atoms. The van der Waals surface area contributed by atoms with Gasteiger partial charge < -0.3 is 5.11 Å². The summed E-state index contributed by atoms with van der Waals surface area (Å²) in [5.74, 6) is -6.13. The van der Waals surface area contributed by atoms with Crippen LogP contribution in [0, 0.1) is 17.5 Å². The topological polar surface area (TPSA) is 72.2 Å². The van der Waals surface area contributed by atoms with E-state index in [0.717, 1.165) is 16.9 Å². The highest BCUT2D eigenvalue weighted by Crippen LogP contribution is 2.15. The molecular formula is C11H5F3N2O3. The third-order valence-corrected chi connectivity index (χ3v) is 2.24. The number of halogens is 3. The van der Waals surface area contributed by atoms with E-state index in [1.165, 1.54) is 0 Å². The molecule has 1 heterocycles. The average Bonchev–Trinajstić information content (AvgIpc) is 2.35. The van der Waals surface area contributed by atoms with Crippen LogP contribution in [-0.2, 0) is 0 Å². The minimum absolute atomic E-state index is 0.251. The molecule has 0 aliphatic carbocycles. The first-order chi connectivity index (χ1) is 8.90. The second-order valence-corrected chi connectivity index (χ2v) is 3.50. The lowest BCUT2D eigenvalue weighted by Gasteiger charge is -2.06. The van der Waals surface area contributed by atoms with E-state index in [0.29, 0.717) is 12.1 Å². The van der Waals surface area contributed by atoms with Crippen molar-refractivity contribution < 1.29 is 23.1 Å². The van der Waals surface area contributed by atoms with Crippen LogP contribution < -0.4 is 5.43 Å². The SMILES string of the molecule is O=C(O)c1nn(-c2cc(F)c(F)c(F)c2)ccc1=O. The standard InChI is InChI=1S/C11H5F3N2O3/c12-6-3-5(4-7(13)9(6)14)16-2-1-8(17)10(15-16)11(18)19/h1-4H,(H,18,19). The molecule has 0 bridgehead atoms. The van der Waals surface area contributed by atoms with E-state index >= 15 is 0 Å². The van der Waals surface area contributed by atoms with Gasteiger partial charge >= 0.3 is 5.97 Å². The van der Waals surface area contributed by atoms with Gasteiger partial charge in [0.2, 0.25) is 11.1 Å². The Labute approximate surface area is 103 Å². The number of hydrogen-bond acceptors (Lipinski definition) is 3. The second-order valence-electron chi connectivity index (χ2n) is 3.50. The van der Waals surface area contributed by atoms with Gasteiger partial charge in [0.1, 0.15) is 0 Å². The molecule has 0 saturated heterocycles. The summed E-state index contributed by atoms with van der Waals surface area (Å²) >= 11 is 0. The zero-order valence-corrected chi connectivity index (χ0v) is 9.10. The highest BCUT2D eigenvalue weighted by atomic mass is 19.2. The normalized spacial score (nSPS) is 10.5. The van der Waals surface area contributed by atoms with Crippen molar-refractivity contribution in [3.63, 3.8) is 0 Å². The summed E-state index contributed by atoms with van der Waals surface area (Å²) in [6.07, 6.45) is 1.01. The van der Waals surface area contributed by atoms with Crippen LogP contribution in [0.15, 0.2) is 29.2 Å². The van der Waals surface area contributed by atoms with Crippen molar-refractivity contribution >= 4 is 5.97 Å². The number of rotatable bonds is 2. The van der Waals surface area contributed by atoms with Crippen LogP contribution in [-0.4, -0.2) is 20.9 Å². The third kappa shape index (κ3) is 2.32. The van der Waals surface area contributed by atoms with Crippen molar-refractivity contribution in [3.05, 3.63) is 57.8 Å².